The Balaban J connectivity index is 1.91. The average molecular weight is 274 g/mol. The molecular weight excluding hydrogens is 248 g/mol. The van der Waals surface area contributed by atoms with Gasteiger partial charge in [-0.2, -0.15) is 0 Å². The molecule has 2 aliphatic heterocycles. The van der Waals surface area contributed by atoms with Crippen LogP contribution in [0.15, 0.2) is 18.2 Å². The van der Waals surface area contributed by atoms with Crippen molar-refractivity contribution < 1.29 is 4.74 Å². The van der Waals surface area contributed by atoms with Crippen LogP contribution in [0.25, 0.3) is 0 Å². The number of anilines is 1. The zero-order chi connectivity index (χ0) is 14.2. The second-order valence-electron chi connectivity index (χ2n) is 6.84. The van der Waals surface area contributed by atoms with Crippen LogP contribution >= 0.6 is 0 Å². The third kappa shape index (κ3) is 2.84. The summed E-state index contributed by atoms with van der Waals surface area (Å²) in [6, 6.07) is 6.64. The van der Waals surface area contributed by atoms with Gasteiger partial charge in [0, 0.05) is 37.5 Å². The minimum Gasteiger partial charge on any atom is -0.376 e. The van der Waals surface area contributed by atoms with Crippen LogP contribution in [0.1, 0.15) is 37.8 Å². The summed E-state index contributed by atoms with van der Waals surface area (Å²) in [4.78, 5) is 2.54. The normalized spacial score (nSPS) is 25.4. The van der Waals surface area contributed by atoms with Crippen molar-refractivity contribution in [3.8, 4) is 0 Å². The van der Waals surface area contributed by atoms with Gasteiger partial charge in [-0.25, -0.2) is 0 Å². The Labute approximate surface area is 122 Å². The molecule has 0 saturated carbocycles. The predicted molar refractivity (Wildman–Crippen MR) is 83.3 cm³/mol. The summed E-state index contributed by atoms with van der Waals surface area (Å²) in [6.07, 6.45) is 2.81. The van der Waals surface area contributed by atoms with E-state index < -0.39 is 0 Å². The van der Waals surface area contributed by atoms with Crippen LogP contribution < -0.4 is 10.2 Å². The first-order valence-electron chi connectivity index (χ1n) is 7.75. The summed E-state index contributed by atoms with van der Waals surface area (Å²) in [5, 5.41) is 3.68. The lowest BCUT2D eigenvalue weighted by molar-refractivity contribution is 0.114. The van der Waals surface area contributed by atoms with Gasteiger partial charge < -0.3 is 15.0 Å². The van der Waals surface area contributed by atoms with Crippen molar-refractivity contribution in [2.24, 2.45) is 0 Å². The summed E-state index contributed by atoms with van der Waals surface area (Å²) in [5.41, 5.74) is 4.33. The van der Waals surface area contributed by atoms with Crippen molar-refractivity contribution >= 4 is 5.69 Å². The Kier molecular flexibility index (Phi) is 3.74. The van der Waals surface area contributed by atoms with Gasteiger partial charge in [-0.05, 0) is 44.7 Å². The molecule has 1 atom stereocenters. The van der Waals surface area contributed by atoms with Crippen LogP contribution in [0.2, 0.25) is 0 Å². The smallest absolute Gasteiger partial charge is 0.0750 e. The fourth-order valence-electron chi connectivity index (χ4n) is 3.45. The van der Waals surface area contributed by atoms with Crippen LogP contribution in [0.3, 0.4) is 0 Å². The minimum atomic E-state index is 0.129. The molecule has 20 heavy (non-hydrogen) atoms. The van der Waals surface area contributed by atoms with E-state index in [0.29, 0.717) is 6.10 Å². The number of benzene rings is 1. The Morgan fingerprint density at radius 3 is 3.00 bits per heavy atom. The van der Waals surface area contributed by atoms with Crippen LogP contribution in [-0.4, -0.2) is 31.3 Å². The van der Waals surface area contributed by atoms with E-state index >= 15 is 0 Å². The topological polar surface area (TPSA) is 24.5 Å². The van der Waals surface area contributed by atoms with E-state index in [0.717, 1.165) is 26.2 Å². The summed E-state index contributed by atoms with van der Waals surface area (Å²) >= 11 is 0. The molecular formula is C17H26N2O. The summed E-state index contributed by atoms with van der Waals surface area (Å²) in [6.45, 7) is 10.7. The van der Waals surface area contributed by atoms with Gasteiger partial charge in [0.05, 0.1) is 6.10 Å². The molecule has 0 aliphatic carbocycles. The van der Waals surface area contributed by atoms with Crippen LogP contribution in [-0.2, 0) is 11.3 Å². The molecule has 2 aliphatic rings. The minimum absolute atomic E-state index is 0.129. The lowest BCUT2D eigenvalue weighted by atomic mass is 10.0. The van der Waals surface area contributed by atoms with Gasteiger partial charge in [0.15, 0.2) is 0 Å². The second-order valence-corrected chi connectivity index (χ2v) is 6.84. The van der Waals surface area contributed by atoms with Crippen molar-refractivity contribution in [3.05, 3.63) is 29.3 Å². The molecule has 3 rings (SSSR count). The van der Waals surface area contributed by atoms with Crippen LogP contribution in [0, 0.1) is 6.92 Å². The zero-order valence-electron chi connectivity index (χ0n) is 12.9. The van der Waals surface area contributed by atoms with E-state index in [2.05, 4.69) is 49.2 Å². The van der Waals surface area contributed by atoms with Crippen molar-refractivity contribution in [1.82, 2.24) is 5.32 Å². The maximum atomic E-state index is 5.86. The monoisotopic (exact) mass is 274 g/mol. The largest absolute Gasteiger partial charge is 0.376 e. The molecule has 0 aromatic heterocycles. The highest BCUT2D eigenvalue weighted by Gasteiger charge is 2.30. The van der Waals surface area contributed by atoms with Gasteiger partial charge in [0.2, 0.25) is 0 Å². The SMILES string of the molecule is Cc1cccc2c1N(CC1CCCO1)CC(C)(C)NC2. The van der Waals surface area contributed by atoms with Crippen molar-refractivity contribution in [3.63, 3.8) is 0 Å². The third-order valence-electron chi connectivity index (χ3n) is 4.43. The van der Waals surface area contributed by atoms with E-state index in [4.69, 9.17) is 4.74 Å². The molecule has 1 N–H and O–H groups in total. The number of hydrogen-bond donors (Lipinski definition) is 1. The van der Waals surface area contributed by atoms with Gasteiger partial charge >= 0.3 is 0 Å². The lowest BCUT2D eigenvalue weighted by Gasteiger charge is -2.34. The quantitative estimate of drug-likeness (QED) is 0.897. The molecule has 1 unspecified atom stereocenters. The van der Waals surface area contributed by atoms with Gasteiger partial charge in [0.25, 0.3) is 0 Å². The highest BCUT2D eigenvalue weighted by Crippen LogP contribution is 2.31. The highest BCUT2D eigenvalue weighted by molar-refractivity contribution is 5.60. The van der Waals surface area contributed by atoms with Gasteiger partial charge in [-0.3, -0.25) is 0 Å². The second kappa shape index (κ2) is 5.38. The standard InChI is InChI=1S/C17H26N2O/c1-13-6-4-7-14-10-18-17(2,3)12-19(16(13)14)11-15-8-5-9-20-15/h4,6-7,15,18H,5,8-12H2,1-3H3. The van der Waals surface area contributed by atoms with Gasteiger partial charge in [0.1, 0.15) is 0 Å². The maximum absolute atomic E-state index is 5.86. The van der Waals surface area contributed by atoms with Crippen LogP contribution in [0.5, 0.6) is 0 Å². The predicted octanol–water partition coefficient (Wildman–Crippen LogP) is 2.86. The third-order valence-corrected chi connectivity index (χ3v) is 4.43. The molecule has 0 amide bonds. The van der Waals surface area contributed by atoms with Crippen molar-refractivity contribution in [2.45, 2.75) is 51.8 Å². The summed E-state index contributed by atoms with van der Waals surface area (Å²) < 4.78 is 5.86. The number of rotatable bonds is 2. The number of nitrogens with one attached hydrogen (secondary N) is 1. The van der Waals surface area contributed by atoms with E-state index in [9.17, 15) is 0 Å². The van der Waals surface area contributed by atoms with Crippen LogP contribution in [0.4, 0.5) is 5.69 Å². The van der Waals surface area contributed by atoms with Gasteiger partial charge in [-0.1, -0.05) is 18.2 Å². The molecule has 0 spiro atoms. The first-order valence-corrected chi connectivity index (χ1v) is 7.75. The Hall–Kier alpha value is -1.06. The number of fused-ring (bicyclic) bond motifs is 1. The molecule has 1 saturated heterocycles. The van der Waals surface area contributed by atoms with E-state index in [1.165, 1.54) is 29.7 Å². The maximum Gasteiger partial charge on any atom is 0.0750 e. The Morgan fingerprint density at radius 2 is 2.25 bits per heavy atom. The Bertz CT molecular complexity index is 478. The average Bonchev–Trinajstić information content (AvgIpc) is 2.84. The number of nitrogens with zero attached hydrogens (tertiary/aromatic N) is 1. The molecule has 3 heteroatoms. The van der Waals surface area contributed by atoms with Crippen molar-refractivity contribution in [1.29, 1.82) is 0 Å². The highest BCUT2D eigenvalue weighted by atomic mass is 16.5. The molecule has 2 heterocycles. The molecule has 1 aromatic carbocycles. The number of aryl methyl sites for hydroxylation is 1. The first-order chi connectivity index (χ1) is 9.55. The number of hydrogen-bond acceptors (Lipinski definition) is 3. The number of para-hydroxylation sites is 1. The molecule has 0 bridgehead atoms. The molecule has 110 valence electrons. The summed E-state index contributed by atoms with van der Waals surface area (Å²) in [5.74, 6) is 0. The number of ether oxygens (including phenoxy) is 1. The lowest BCUT2D eigenvalue weighted by Crippen LogP contribution is -2.48. The summed E-state index contributed by atoms with van der Waals surface area (Å²) in [7, 11) is 0. The van der Waals surface area contributed by atoms with Crippen molar-refractivity contribution in [2.75, 3.05) is 24.6 Å². The van der Waals surface area contributed by atoms with E-state index in [-0.39, 0.29) is 5.54 Å². The molecule has 1 aromatic rings. The van der Waals surface area contributed by atoms with Gasteiger partial charge in [-0.15, -0.1) is 0 Å². The fraction of sp³-hybridized carbons (Fsp3) is 0.647. The van der Waals surface area contributed by atoms with E-state index in [1.54, 1.807) is 0 Å². The molecule has 1 fully saturated rings. The zero-order valence-corrected chi connectivity index (χ0v) is 12.9. The first kappa shape index (κ1) is 13.9. The molecule has 0 radical (unpaired) electrons. The van der Waals surface area contributed by atoms with E-state index in [1.807, 2.05) is 0 Å². The fourth-order valence-corrected chi connectivity index (χ4v) is 3.45. The molecule has 3 nitrogen and oxygen atoms in total. The Morgan fingerprint density at radius 1 is 1.40 bits per heavy atom.